The van der Waals surface area contributed by atoms with Crippen LogP contribution in [0.15, 0.2) is 6.07 Å². The van der Waals surface area contributed by atoms with E-state index in [9.17, 15) is 9.59 Å². The van der Waals surface area contributed by atoms with E-state index in [4.69, 9.17) is 23.7 Å². The van der Waals surface area contributed by atoms with Crippen LogP contribution in [0, 0.1) is 0 Å². The van der Waals surface area contributed by atoms with Crippen LogP contribution in [0.2, 0.25) is 0 Å². The quantitative estimate of drug-likeness (QED) is 0.676. The van der Waals surface area contributed by atoms with Crippen LogP contribution in [-0.2, 0) is 20.7 Å². The van der Waals surface area contributed by atoms with Gasteiger partial charge in [0.15, 0.2) is 11.5 Å². The van der Waals surface area contributed by atoms with Crippen LogP contribution in [0.5, 0.6) is 17.2 Å². The van der Waals surface area contributed by atoms with E-state index in [1.165, 1.54) is 27.4 Å². The Morgan fingerprint density at radius 3 is 2.00 bits per heavy atom. The van der Waals surface area contributed by atoms with Crippen LogP contribution in [0.25, 0.3) is 0 Å². The number of rotatable bonds is 8. The Balaban J connectivity index is 3.50. The number of methoxy groups -OCH3 is 3. The SMILES string of the molecule is CCOC(=O)Cc1c(C(=O)OCC)cc(OC)c(OC)c1OC. The number of ether oxygens (including phenoxy) is 5. The summed E-state index contributed by atoms with van der Waals surface area (Å²) >= 11 is 0. The van der Waals surface area contributed by atoms with E-state index in [0.717, 1.165) is 0 Å². The lowest BCUT2D eigenvalue weighted by Gasteiger charge is -2.18. The summed E-state index contributed by atoms with van der Waals surface area (Å²) < 4.78 is 25.8. The van der Waals surface area contributed by atoms with E-state index >= 15 is 0 Å². The van der Waals surface area contributed by atoms with E-state index in [1.807, 2.05) is 0 Å². The molecule has 0 spiro atoms. The second-order valence-corrected chi connectivity index (χ2v) is 4.37. The minimum atomic E-state index is -0.578. The highest BCUT2D eigenvalue weighted by atomic mass is 16.5. The molecule has 0 saturated heterocycles. The second kappa shape index (κ2) is 8.87. The van der Waals surface area contributed by atoms with Crippen molar-refractivity contribution in [2.24, 2.45) is 0 Å². The van der Waals surface area contributed by atoms with Crippen molar-refractivity contribution in [3.8, 4) is 17.2 Å². The number of hydrogen-bond acceptors (Lipinski definition) is 7. The molecule has 0 radical (unpaired) electrons. The van der Waals surface area contributed by atoms with Gasteiger partial charge in [-0.15, -0.1) is 0 Å². The molecular formula is C16H22O7. The third kappa shape index (κ3) is 4.28. The van der Waals surface area contributed by atoms with E-state index in [-0.39, 0.29) is 30.9 Å². The van der Waals surface area contributed by atoms with Gasteiger partial charge in [0.2, 0.25) is 5.75 Å². The normalized spacial score (nSPS) is 9.96. The molecule has 7 heteroatoms. The lowest BCUT2D eigenvalue weighted by Crippen LogP contribution is -2.15. The Labute approximate surface area is 135 Å². The Hall–Kier alpha value is -2.44. The fourth-order valence-corrected chi connectivity index (χ4v) is 2.14. The average Bonchev–Trinajstić information content (AvgIpc) is 2.54. The van der Waals surface area contributed by atoms with Crippen molar-refractivity contribution in [2.75, 3.05) is 34.5 Å². The molecule has 1 aromatic rings. The second-order valence-electron chi connectivity index (χ2n) is 4.37. The largest absolute Gasteiger partial charge is 0.493 e. The first-order chi connectivity index (χ1) is 11.0. The van der Waals surface area contributed by atoms with Gasteiger partial charge >= 0.3 is 11.9 Å². The third-order valence-electron chi connectivity index (χ3n) is 3.05. The average molecular weight is 326 g/mol. The molecule has 0 unspecified atom stereocenters. The Morgan fingerprint density at radius 1 is 0.913 bits per heavy atom. The molecule has 0 saturated carbocycles. The highest BCUT2D eigenvalue weighted by molar-refractivity contribution is 5.95. The maximum Gasteiger partial charge on any atom is 0.338 e. The molecule has 23 heavy (non-hydrogen) atoms. The van der Waals surface area contributed by atoms with Gasteiger partial charge in [0.25, 0.3) is 0 Å². The monoisotopic (exact) mass is 326 g/mol. The van der Waals surface area contributed by atoms with Gasteiger partial charge in [-0.25, -0.2) is 4.79 Å². The topological polar surface area (TPSA) is 80.3 Å². The van der Waals surface area contributed by atoms with Crippen LogP contribution < -0.4 is 14.2 Å². The van der Waals surface area contributed by atoms with Gasteiger partial charge < -0.3 is 23.7 Å². The van der Waals surface area contributed by atoms with Crippen molar-refractivity contribution in [1.29, 1.82) is 0 Å². The summed E-state index contributed by atoms with van der Waals surface area (Å²) in [5, 5.41) is 0. The molecular weight excluding hydrogens is 304 g/mol. The maximum atomic E-state index is 12.2. The molecule has 1 rings (SSSR count). The fraction of sp³-hybridized carbons (Fsp3) is 0.500. The molecule has 128 valence electrons. The summed E-state index contributed by atoms with van der Waals surface area (Å²) in [4.78, 5) is 24.1. The van der Waals surface area contributed by atoms with E-state index in [2.05, 4.69) is 0 Å². The number of carbonyl (C=O) groups is 2. The highest BCUT2D eigenvalue weighted by Crippen LogP contribution is 2.42. The molecule has 0 heterocycles. The first-order valence-corrected chi connectivity index (χ1v) is 7.18. The molecule has 0 aliphatic heterocycles. The zero-order valence-electron chi connectivity index (χ0n) is 14.1. The van der Waals surface area contributed by atoms with E-state index in [0.29, 0.717) is 17.1 Å². The summed E-state index contributed by atoms with van der Waals surface area (Å²) in [5.41, 5.74) is 0.511. The van der Waals surface area contributed by atoms with Crippen LogP contribution in [0.3, 0.4) is 0 Å². The Kier molecular flexibility index (Phi) is 7.18. The van der Waals surface area contributed by atoms with Crippen LogP contribution in [0.4, 0.5) is 0 Å². The number of benzene rings is 1. The minimum absolute atomic E-state index is 0.147. The molecule has 0 atom stereocenters. The van der Waals surface area contributed by atoms with Crippen molar-refractivity contribution >= 4 is 11.9 Å². The van der Waals surface area contributed by atoms with Gasteiger partial charge in [0.05, 0.1) is 46.5 Å². The van der Waals surface area contributed by atoms with Crippen molar-refractivity contribution < 1.29 is 33.3 Å². The lowest BCUT2D eigenvalue weighted by atomic mass is 10.0. The molecule has 0 N–H and O–H groups in total. The van der Waals surface area contributed by atoms with E-state index in [1.54, 1.807) is 13.8 Å². The van der Waals surface area contributed by atoms with Crippen LogP contribution in [-0.4, -0.2) is 46.5 Å². The summed E-state index contributed by atoms with van der Waals surface area (Å²) in [6, 6.07) is 1.47. The van der Waals surface area contributed by atoms with Crippen molar-refractivity contribution in [3.63, 3.8) is 0 Å². The Bertz CT molecular complexity index is 566. The van der Waals surface area contributed by atoms with Gasteiger partial charge in [-0.2, -0.15) is 0 Å². The molecule has 1 aromatic carbocycles. The van der Waals surface area contributed by atoms with Gasteiger partial charge in [-0.1, -0.05) is 0 Å². The van der Waals surface area contributed by atoms with Crippen molar-refractivity contribution in [2.45, 2.75) is 20.3 Å². The van der Waals surface area contributed by atoms with Gasteiger partial charge in [-0.3, -0.25) is 4.79 Å². The molecule has 0 fully saturated rings. The van der Waals surface area contributed by atoms with Gasteiger partial charge in [0.1, 0.15) is 0 Å². The molecule has 0 amide bonds. The van der Waals surface area contributed by atoms with Crippen molar-refractivity contribution in [3.05, 3.63) is 17.2 Å². The molecule has 0 bridgehead atoms. The zero-order chi connectivity index (χ0) is 17.4. The molecule has 0 aliphatic carbocycles. The fourth-order valence-electron chi connectivity index (χ4n) is 2.14. The third-order valence-corrected chi connectivity index (χ3v) is 3.05. The number of carbonyl (C=O) groups excluding carboxylic acids is 2. The summed E-state index contributed by atoms with van der Waals surface area (Å²) in [5.74, 6) is -0.222. The lowest BCUT2D eigenvalue weighted by molar-refractivity contribution is -0.142. The van der Waals surface area contributed by atoms with Gasteiger partial charge in [0, 0.05) is 5.56 Å². The first-order valence-electron chi connectivity index (χ1n) is 7.18. The summed E-state index contributed by atoms with van der Waals surface area (Å²) in [6.45, 7) is 3.84. The standard InChI is InChI=1S/C16H22O7/c1-6-22-13(17)9-10-11(16(18)23-7-2)8-12(19-3)15(21-5)14(10)20-4/h8H,6-7,9H2,1-5H3. The van der Waals surface area contributed by atoms with Crippen molar-refractivity contribution in [1.82, 2.24) is 0 Å². The molecule has 7 nitrogen and oxygen atoms in total. The van der Waals surface area contributed by atoms with E-state index < -0.39 is 11.9 Å². The first kappa shape index (κ1) is 18.6. The molecule has 0 aliphatic rings. The highest BCUT2D eigenvalue weighted by Gasteiger charge is 2.26. The number of esters is 2. The minimum Gasteiger partial charge on any atom is -0.493 e. The van der Waals surface area contributed by atoms with Crippen LogP contribution >= 0.6 is 0 Å². The smallest absolute Gasteiger partial charge is 0.338 e. The summed E-state index contributed by atoms with van der Waals surface area (Å²) in [7, 11) is 4.30. The zero-order valence-corrected chi connectivity index (χ0v) is 14.1. The van der Waals surface area contributed by atoms with Crippen LogP contribution in [0.1, 0.15) is 29.8 Å². The molecule has 0 aromatic heterocycles. The predicted octanol–water partition coefficient (Wildman–Crippen LogP) is 1.99. The van der Waals surface area contributed by atoms with Gasteiger partial charge in [-0.05, 0) is 19.9 Å². The number of hydrogen-bond donors (Lipinski definition) is 0. The predicted molar refractivity (Wildman–Crippen MR) is 82.4 cm³/mol. The maximum absolute atomic E-state index is 12.2. The Morgan fingerprint density at radius 2 is 1.52 bits per heavy atom. The summed E-state index contributed by atoms with van der Waals surface area (Å²) in [6.07, 6.45) is -0.147.